The Bertz CT molecular complexity index is 1130. The number of allylic oxidation sites excluding steroid dienone is 2. The molecule has 1 aromatic carbocycles. The monoisotopic (exact) mass is 532 g/mol. The first kappa shape index (κ1) is 27.6. The van der Waals surface area contributed by atoms with Crippen molar-refractivity contribution in [2.75, 3.05) is 44.7 Å². The second-order valence-corrected chi connectivity index (χ2v) is 9.67. The normalized spacial score (nSPS) is 20.0. The van der Waals surface area contributed by atoms with Gasteiger partial charge in [-0.25, -0.2) is 18.8 Å². The molecular weight excluding hydrogens is 499 g/mol. The number of carboxylic acids is 2. The zero-order chi connectivity index (χ0) is 27.4. The standard InChI is InChI=1S/C26H33FN4O7/c1-15-20(23(32)33)22(21(24(34)35)16(2)29-15)17-4-5-18(27)19(14-17)30-25(36)28-8-3-9-31-10-6-26(7-11-31)37-12-13-38-26/h4-5,14,22,29H,3,6-13H2,1-2H3,(H,32,33)(H,34,35)(H2,28,30,36). The molecule has 0 unspecified atom stereocenters. The van der Waals surface area contributed by atoms with Crippen LogP contribution in [0.3, 0.4) is 0 Å². The summed E-state index contributed by atoms with van der Waals surface area (Å²) in [5.74, 6) is -4.91. The van der Waals surface area contributed by atoms with Crippen molar-refractivity contribution in [3.63, 3.8) is 0 Å². The molecule has 1 spiro atoms. The quantitative estimate of drug-likeness (QED) is 0.319. The predicted octanol–water partition coefficient (Wildman–Crippen LogP) is 2.58. The molecule has 3 heterocycles. The molecule has 4 rings (SSSR count). The number of nitrogens with one attached hydrogen (secondary N) is 3. The maximum atomic E-state index is 14.6. The summed E-state index contributed by atoms with van der Waals surface area (Å²) < 4.78 is 26.0. The van der Waals surface area contributed by atoms with Crippen molar-refractivity contribution in [1.29, 1.82) is 0 Å². The first-order chi connectivity index (χ1) is 18.1. The Balaban J connectivity index is 1.36. The Hall–Kier alpha value is -3.48. The van der Waals surface area contributed by atoms with Crippen LogP contribution in [-0.2, 0) is 19.1 Å². The molecule has 206 valence electrons. The summed E-state index contributed by atoms with van der Waals surface area (Å²) >= 11 is 0. The third kappa shape index (κ3) is 5.98. The molecule has 3 aliphatic heterocycles. The molecule has 0 aliphatic carbocycles. The number of aliphatic carboxylic acids is 2. The van der Waals surface area contributed by atoms with E-state index in [2.05, 4.69) is 20.9 Å². The van der Waals surface area contributed by atoms with Gasteiger partial charge in [-0.2, -0.15) is 0 Å². The van der Waals surface area contributed by atoms with E-state index in [1.54, 1.807) is 0 Å². The molecule has 0 atom stereocenters. The van der Waals surface area contributed by atoms with Gasteiger partial charge >= 0.3 is 18.0 Å². The number of carbonyl (C=O) groups is 3. The maximum Gasteiger partial charge on any atom is 0.334 e. The minimum atomic E-state index is -1.30. The lowest BCUT2D eigenvalue weighted by atomic mass is 9.80. The van der Waals surface area contributed by atoms with E-state index in [0.29, 0.717) is 26.2 Å². The molecule has 2 fully saturated rings. The van der Waals surface area contributed by atoms with Crippen LogP contribution in [0.15, 0.2) is 40.7 Å². The first-order valence-corrected chi connectivity index (χ1v) is 12.6. The zero-order valence-electron chi connectivity index (χ0n) is 21.4. The lowest BCUT2D eigenvalue weighted by Gasteiger charge is -2.37. The number of carbonyl (C=O) groups excluding carboxylic acids is 1. The fourth-order valence-corrected chi connectivity index (χ4v) is 5.29. The van der Waals surface area contributed by atoms with Crippen LogP contribution >= 0.6 is 0 Å². The average Bonchev–Trinajstić information content (AvgIpc) is 3.31. The van der Waals surface area contributed by atoms with Gasteiger partial charge < -0.3 is 40.5 Å². The van der Waals surface area contributed by atoms with Crippen LogP contribution in [0, 0.1) is 5.82 Å². The topological polar surface area (TPSA) is 149 Å². The van der Waals surface area contributed by atoms with Crippen LogP contribution in [0.4, 0.5) is 14.9 Å². The Morgan fingerprint density at radius 2 is 1.68 bits per heavy atom. The molecule has 2 amide bonds. The van der Waals surface area contributed by atoms with Gasteiger partial charge in [0.1, 0.15) is 5.82 Å². The molecule has 2 saturated heterocycles. The van der Waals surface area contributed by atoms with E-state index >= 15 is 0 Å². The number of dihydropyridines is 1. The van der Waals surface area contributed by atoms with Gasteiger partial charge in [-0.1, -0.05) is 6.07 Å². The van der Waals surface area contributed by atoms with Crippen molar-refractivity contribution in [3.05, 3.63) is 52.1 Å². The maximum absolute atomic E-state index is 14.6. The van der Waals surface area contributed by atoms with Gasteiger partial charge in [-0.3, -0.25) is 0 Å². The number of carboxylic acid groups (broad SMARTS) is 2. The smallest absolute Gasteiger partial charge is 0.334 e. The average molecular weight is 533 g/mol. The highest BCUT2D eigenvalue weighted by molar-refractivity contribution is 5.98. The van der Waals surface area contributed by atoms with Crippen molar-refractivity contribution < 1.29 is 38.5 Å². The summed E-state index contributed by atoms with van der Waals surface area (Å²) in [6.07, 6.45) is 2.31. The molecule has 1 aromatic rings. The van der Waals surface area contributed by atoms with Crippen molar-refractivity contribution in [2.24, 2.45) is 0 Å². The summed E-state index contributed by atoms with van der Waals surface area (Å²) in [6.45, 7) is 7.18. The summed E-state index contributed by atoms with van der Waals surface area (Å²) in [5.41, 5.74) is 0.299. The summed E-state index contributed by atoms with van der Waals surface area (Å²) in [4.78, 5) is 38.7. The third-order valence-electron chi connectivity index (χ3n) is 7.16. The van der Waals surface area contributed by atoms with E-state index in [0.717, 1.165) is 38.5 Å². The molecule has 0 aromatic heterocycles. The minimum Gasteiger partial charge on any atom is -0.478 e. The summed E-state index contributed by atoms with van der Waals surface area (Å²) in [6, 6.07) is 3.06. The van der Waals surface area contributed by atoms with E-state index in [-0.39, 0.29) is 33.8 Å². The van der Waals surface area contributed by atoms with Gasteiger partial charge in [-0.05, 0) is 44.5 Å². The van der Waals surface area contributed by atoms with E-state index < -0.39 is 35.5 Å². The largest absolute Gasteiger partial charge is 0.478 e. The fourth-order valence-electron chi connectivity index (χ4n) is 5.29. The molecular formula is C26H33FN4O7. The number of likely N-dealkylation sites (tertiary alicyclic amines) is 1. The predicted molar refractivity (Wildman–Crippen MR) is 135 cm³/mol. The number of hydrogen-bond acceptors (Lipinski definition) is 7. The SMILES string of the molecule is CC1=C(C(=O)O)C(c2ccc(F)c(NC(=O)NCCCN3CCC4(CC3)OCCO4)c2)C(C(=O)O)=C(C)N1. The number of hydrogen-bond donors (Lipinski definition) is 5. The lowest BCUT2D eigenvalue weighted by Crippen LogP contribution is -2.45. The molecule has 5 N–H and O–H groups in total. The number of piperidine rings is 1. The number of rotatable bonds is 8. The highest BCUT2D eigenvalue weighted by Gasteiger charge is 2.39. The molecule has 38 heavy (non-hydrogen) atoms. The Morgan fingerprint density at radius 1 is 1.08 bits per heavy atom. The molecule has 0 saturated carbocycles. The van der Waals surface area contributed by atoms with Crippen LogP contribution in [0.25, 0.3) is 0 Å². The van der Waals surface area contributed by atoms with E-state index in [9.17, 15) is 29.0 Å². The molecule has 12 heteroatoms. The highest BCUT2D eigenvalue weighted by Crippen LogP contribution is 2.39. The van der Waals surface area contributed by atoms with Gasteiger partial charge in [0.05, 0.1) is 36.0 Å². The number of amides is 2. The third-order valence-corrected chi connectivity index (χ3v) is 7.16. The van der Waals surface area contributed by atoms with Gasteiger partial charge in [0.2, 0.25) is 0 Å². The van der Waals surface area contributed by atoms with Gasteiger partial charge in [-0.15, -0.1) is 0 Å². The van der Waals surface area contributed by atoms with Gasteiger partial charge in [0, 0.05) is 43.9 Å². The van der Waals surface area contributed by atoms with E-state index in [4.69, 9.17) is 9.47 Å². The lowest BCUT2D eigenvalue weighted by molar-refractivity contribution is -0.185. The number of nitrogens with zero attached hydrogens (tertiary/aromatic N) is 1. The van der Waals surface area contributed by atoms with Crippen molar-refractivity contribution in [1.82, 2.24) is 15.5 Å². The zero-order valence-corrected chi connectivity index (χ0v) is 21.4. The van der Waals surface area contributed by atoms with Crippen LogP contribution in [0.5, 0.6) is 0 Å². The van der Waals surface area contributed by atoms with Gasteiger partial charge in [0.15, 0.2) is 5.79 Å². The number of anilines is 1. The van der Waals surface area contributed by atoms with Crippen LogP contribution in [-0.4, -0.2) is 78.3 Å². The second kappa shape index (κ2) is 11.5. The molecule has 3 aliphatic rings. The Kier molecular flexibility index (Phi) is 8.34. The van der Waals surface area contributed by atoms with Crippen LogP contribution < -0.4 is 16.0 Å². The molecule has 11 nitrogen and oxygen atoms in total. The van der Waals surface area contributed by atoms with Gasteiger partial charge in [0.25, 0.3) is 0 Å². The highest BCUT2D eigenvalue weighted by atomic mass is 19.1. The number of urea groups is 1. The van der Waals surface area contributed by atoms with Crippen molar-refractivity contribution in [3.8, 4) is 0 Å². The Labute approximate surface area is 219 Å². The van der Waals surface area contributed by atoms with Crippen molar-refractivity contribution in [2.45, 2.75) is 44.8 Å². The summed E-state index contributed by atoms with van der Waals surface area (Å²) in [7, 11) is 0. The fraction of sp³-hybridized carbons (Fsp3) is 0.500. The van der Waals surface area contributed by atoms with Crippen LogP contribution in [0.2, 0.25) is 0 Å². The van der Waals surface area contributed by atoms with Crippen LogP contribution in [0.1, 0.15) is 44.6 Å². The Morgan fingerprint density at radius 3 is 2.26 bits per heavy atom. The number of benzene rings is 1. The second-order valence-electron chi connectivity index (χ2n) is 9.67. The minimum absolute atomic E-state index is 0.162. The first-order valence-electron chi connectivity index (χ1n) is 12.6. The molecule has 0 radical (unpaired) electrons. The van der Waals surface area contributed by atoms with Crippen molar-refractivity contribution >= 4 is 23.7 Å². The number of halogens is 1. The van der Waals surface area contributed by atoms with E-state index in [1.165, 1.54) is 26.0 Å². The van der Waals surface area contributed by atoms with E-state index in [1.807, 2.05) is 0 Å². The molecule has 0 bridgehead atoms. The number of ether oxygens (including phenoxy) is 2. The summed E-state index contributed by atoms with van der Waals surface area (Å²) in [5, 5.41) is 27.5.